The Balaban J connectivity index is 0.000000361. The number of carboxylic acids is 1. The molecular weight excluding hydrogens is 268 g/mol. The molecule has 0 atom stereocenters. The Labute approximate surface area is 122 Å². The summed E-state index contributed by atoms with van der Waals surface area (Å²) < 4.78 is 5.64. The Hall–Kier alpha value is -2.75. The van der Waals surface area contributed by atoms with Crippen LogP contribution in [0.3, 0.4) is 0 Å². The summed E-state index contributed by atoms with van der Waals surface area (Å²) in [6.45, 7) is 1.49. The third-order valence-corrected chi connectivity index (χ3v) is 2.92. The van der Waals surface area contributed by atoms with Crippen molar-refractivity contribution in [1.29, 1.82) is 0 Å². The topological polar surface area (TPSA) is 66.8 Å². The predicted octanol–water partition coefficient (Wildman–Crippen LogP) is 3.60. The van der Waals surface area contributed by atoms with Crippen LogP contribution in [-0.2, 0) is 4.79 Å². The lowest BCUT2D eigenvalue weighted by molar-refractivity contribution is -0.134. The van der Waals surface area contributed by atoms with Crippen molar-refractivity contribution in [2.24, 2.45) is 0 Å². The van der Waals surface area contributed by atoms with Gasteiger partial charge in [0.2, 0.25) is 0 Å². The van der Waals surface area contributed by atoms with Crippen LogP contribution in [0, 0.1) is 0 Å². The van der Waals surface area contributed by atoms with E-state index in [9.17, 15) is 5.11 Å². The number of aliphatic carboxylic acids is 1. The van der Waals surface area contributed by atoms with Crippen LogP contribution in [0.1, 0.15) is 18.1 Å². The molecule has 0 radical (unpaired) electrons. The highest BCUT2D eigenvalue weighted by molar-refractivity contribution is 5.90. The molecule has 0 saturated heterocycles. The van der Waals surface area contributed by atoms with Crippen LogP contribution in [0.4, 0.5) is 0 Å². The van der Waals surface area contributed by atoms with Crippen LogP contribution in [-0.4, -0.2) is 22.8 Å². The summed E-state index contributed by atoms with van der Waals surface area (Å²) in [5.74, 6) is 0.225. The summed E-state index contributed by atoms with van der Waals surface area (Å²) >= 11 is 0. The summed E-state index contributed by atoms with van der Waals surface area (Å²) in [5.41, 5.74) is 2.60. The first kappa shape index (κ1) is 14.7. The van der Waals surface area contributed by atoms with Crippen molar-refractivity contribution >= 4 is 17.3 Å². The van der Waals surface area contributed by atoms with Gasteiger partial charge in [-0.15, -0.1) is 0 Å². The molecule has 4 nitrogen and oxygen atoms in total. The number of hydrogen-bond donors (Lipinski definition) is 2. The van der Waals surface area contributed by atoms with E-state index in [0.717, 1.165) is 29.4 Å². The van der Waals surface area contributed by atoms with Gasteiger partial charge in [-0.1, -0.05) is 42.5 Å². The summed E-state index contributed by atoms with van der Waals surface area (Å²) in [5, 5.41) is 17.7. The number of ether oxygens (including phenoxy) is 1. The minimum Gasteiger partial charge on any atom is -0.507 e. The van der Waals surface area contributed by atoms with Crippen LogP contribution in [0.5, 0.6) is 5.75 Å². The van der Waals surface area contributed by atoms with E-state index in [-0.39, 0.29) is 0 Å². The largest absolute Gasteiger partial charge is 0.507 e. The molecule has 3 rings (SSSR count). The average Bonchev–Trinajstić information content (AvgIpc) is 2.48. The Bertz CT molecular complexity index is 656. The van der Waals surface area contributed by atoms with E-state index in [1.807, 2.05) is 54.6 Å². The quantitative estimate of drug-likeness (QED) is 0.839. The van der Waals surface area contributed by atoms with Gasteiger partial charge < -0.3 is 14.9 Å². The second-order valence-electron chi connectivity index (χ2n) is 4.50. The third-order valence-electron chi connectivity index (χ3n) is 2.92. The molecule has 2 N–H and O–H groups in total. The number of aliphatic hydroxyl groups excluding tert-OH is 1. The molecule has 0 aliphatic carbocycles. The van der Waals surface area contributed by atoms with Gasteiger partial charge >= 0.3 is 0 Å². The molecule has 1 heterocycles. The van der Waals surface area contributed by atoms with Gasteiger partial charge in [-0.2, -0.15) is 0 Å². The van der Waals surface area contributed by atoms with Crippen molar-refractivity contribution in [2.45, 2.75) is 6.92 Å². The smallest absolute Gasteiger partial charge is 0.300 e. The van der Waals surface area contributed by atoms with Gasteiger partial charge in [-0.25, -0.2) is 0 Å². The molecule has 0 fully saturated rings. The van der Waals surface area contributed by atoms with Gasteiger partial charge in [0.1, 0.15) is 18.1 Å². The summed E-state index contributed by atoms with van der Waals surface area (Å²) in [4.78, 5) is 9.00. The standard InChI is InChI=1S/C15H12O2.C2H4O2/c16-15-12-8-4-5-9-14(12)17-10-13(15)11-6-2-1-3-7-11;1-2(3)4/h1-9,16H,10H2;1H3,(H,3,4). The summed E-state index contributed by atoms with van der Waals surface area (Å²) in [6.07, 6.45) is 0. The average molecular weight is 284 g/mol. The molecule has 2 aromatic rings. The number of hydrogen-bond acceptors (Lipinski definition) is 3. The zero-order chi connectivity index (χ0) is 15.2. The van der Waals surface area contributed by atoms with Crippen molar-refractivity contribution in [3.8, 4) is 5.75 Å². The Morgan fingerprint density at radius 2 is 1.62 bits per heavy atom. The highest BCUT2D eigenvalue weighted by Gasteiger charge is 2.19. The predicted molar refractivity (Wildman–Crippen MR) is 81.1 cm³/mol. The Morgan fingerprint density at radius 1 is 1.05 bits per heavy atom. The fourth-order valence-electron chi connectivity index (χ4n) is 2.03. The van der Waals surface area contributed by atoms with E-state index in [2.05, 4.69) is 0 Å². The van der Waals surface area contributed by atoms with Crippen molar-refractivity contribution in [3.63, 3.8) is 0 Å². The minimum atomic E-state index is -0.833. The summed E-state index contributed by atoms with van der Waals surface area (Å²) in [6, 6.07) is 17.3. The maximum Gasteiger partial charge on any atom is 0.300 e. The van der Waals surface area contributed by atoms with Crippen molar-refractivity contribution in [1.82, 2.24) is 0 Å². The van der Waals surface area contributed by atoms with Crippen molar-refractivity contribution in [2.75, 3.05) is 6.61 Å². The van der Waals surface area contributed by atoms with Crippen molar-refractivity contribution < 1.29 is 19.7 Å². The number of benzene rings is 2. The fourth-order valence-corrected chi connectivity index (χ4v) is 2.03. The highest BCUT2D eigenvalue weighted by atomic mass is 16.5. The summed E-state index contributed by atoms with van der Waals surface area (Å²) in [7, 11) is 0. The number of aliphatic hydroxyl groups is 1. The van der Waals surface area contributed by atoms with Gasteiger partial charge in [0, 0.05) is 12.5 Å². The molecule has 2 aromatic carbocycles. The number of fused-ring (bicyclic) bond motifs is 1. The van der Waals surface area contributed by atoms with Crippen LogP contribution in [0.25, 0.3) is 11.3 Å². The van der Waals surface area contributed by atoms with E-state index in [4.69, 9.17) is 14.6 Å². The molecule has 1 aliphatic rings. The Morgan fingerprint density at radius 3 is 2.29 bits per heavy atom. The lowest BCUT2D eigenvalue weighted by Gasteiger charge is -2.20. The van der Waals surface area contributed by atoms with E-state index in [1.54, 1.807) is 0 Å². The normalized spacial score (nSPS) is 12.6. The molecule has 1 aliphatic heterocycles. The molecule has 21 heavy (non-hydrogen) atoms. The van der Waals surface area contributed by atoms with Crippen molar-refractivity contribution in [3.05, 3.63) is 65.7 Å². The van der Waals surface area contributed by atoms with Crippen LogP contribution < -0.4 is 4.74 Å². The second kappa shape index (κ2) is 6.61. The van der Waals surface area contributed by atoms with Crippen LogP contribution >= 0.6 is 0 Å². The SMILES string of the molecule is CC(=O)O.OC1=C(c2ccccc2)COc2ccccc21. The number of carboxylic acid groups (broad SMARTS) is 1. The zero-order valence-electron chi connectivity index (χ0n) is 11.6. The molecule has 0 spiro atoms. The van der Waals surface area contributed by atoms with Gasteiger partial charge in [-0.05, 0) is 17.7 Å². The van der Waals surface area contributed by atoms with Gasteiger partial charge in [0.15, 0.2) is 0 Å². The molecule has 0 saturated carbocycles. The van der Waals surface area contributed by atoms with E-state index < -0.39 is 5.97 Å². The maximum absolute atomic E-state index is 10.3. The van der Waals surface area contributed by atoms with Crippen LogP contribution in [0.2, 0.25) is 0 Å². The molecule has 0 aromatic heterocycles. The number of para-hydroxylation sites is 1. The van der Waals surface area contributed by atoms with E-state index in [0.29, 0.717) is 12.4 Å². The molecule has 108 valence electrons. The van der Waals surface area contributed by atoms with Gasteiger partial charge in [0.05, 0.1) is 5.56 Å². The first-order valence-electron chi connectivity index (χ1n) is 6.49. The fraction of sp³-hybridized carbons (Fsp3) is 0.118. The lowest BCUT2D eigenvalue weighted by Crippen LogP contribution is -2.10. The Kier molecular flexibility index (Phi) is 4.61. The molecule has 0 amide bonds. The third kappa shape index (κ3) is 3.63. The minimum absolute atomic E-state index is 0.318. The maximum atomic E-state index is 10.3. The molecule has 0 bridgehead atoms. The monoisotopic (exact) mass is 284 g/mol. The first-order valence-corrected chi connectivity index (χ1v) is 6.49. The van der Waals surface area contributed by atoms with E-state index >= 15 is 0 Å². The number of rotatable bonds is 1. The molecule has 4 heteroatoms. The van der Waals surface area contributed by atoms with Gasteiger partial charge in [-0.3, -0.25) is 4.79 Å². The first-order chi connectivity index (χ1) is 10.1. The molecular formula is C17H16O4. The second-order valence-corrected chi connectivity index (χ2v) is 4.50. The molecule has 0 unspecified atom stereocenters. The lowest BCUT2D eigenvalue weighted by atomic mass is 9.99. The number of carbonyl (C=O) groups is 1. The van der Waals surface area contributed by atoms with Crippen LogP contribution in [0.15, 0.2) is 54.6 Å². The highest BCUT2D eigenvalue weighted by Crippen LogP contribution is 2.34. The van der Waals surface area contributed by atoms with Gasteiger partial charge in [0.25, 0.3) is 5.97 Å². The zero-order valence-corrected chi connectivity index (χ0v) is 11.6. The van der Waals surface area contributed by atoms with E-state index in [1.165, 1.54) is 0 Å².